The lowest BCUT2D eigenvalue weighted by molar-refractivity contribution is -0.121. The van der Waals surface area contributed by atoms with Crippen LogP contribution < -0.4 is 11.1 Å². The number of piperidine rings is 1. The molecule has 102 valence electrons. The van der Waals surface area contributed by atoms with Crippen molar-refractivity contribution in [1.29, 1.82) is 0 Å². The van der Waals surface area contributed by atoms with Crippen LogP contribution in [0.25, 0.3) is 0 Å². The van der Waals surface area contributed by atoms with Gasteiger partial charge in [0.1, 0.15) is 0 Å². The molecule has 0 saturated carbocycles. The number of likely N-dealkylation sites (tertiary alicyclic amines) is 1. The highest BCUT2D eigenvalue weighted by molar-refractivity contribution is 5.93. The van der Waals surface area contributed by atoms with Crippen molar-refractivity contribution < 1.29 is 14.7 Å². The van der Waals surface area contributed by atoms with E-state index in [0.717, 1.165) is 0 Å². The van der Waals surface area contributed by atoms with Gasteiger partial charge in [-0.15, -0.1) is 0 Å². The van der Waals surface area contributed by atoms with Gasteiger partial charge in [-0.05, 0) is 37.1 Å². The van der Waals surface area contributed by atoms with E-state index < -0.39 is 6.09 Å². The molecule has 1 aliphatic heterocycles. The van der Waals surface area contributed by atoms with Crippen molar-refractivity contribution in [3.8, 4) is 0 Å². The molecule has 1 heterocycles. The number of nitrogens with two attached hydrogens (primary N) is 1. The van der Waals surface area contributed by atoms with Crippen molar-refractivity contribution in [3.05, 3.63) is 24.3 Å². The summed E-state index contributed by atoms with van der Waals surface area (Å²) in [5.74, 6) is -0.432. The maximum Gasteiger partial charge on any atom is 0.407 e. The van der Waals surface area contributed by atoms with Crippen LogP contribution in [0, 0.1) is 5.92 Å². The molecular weight excluding hydrogens is 246 g/mol. The van der Waals surface area contributed by atoms with Crippen LogP contribution in [-0.4, -0.2) is 35.1 Å². The number of carbonyl (C=O) groups is 2. The Balaban J connectivity index is 1.96. The summed E-state index contributed by atoms with van der Waals surface area (Å²) < 4.78 is 0. The Morgan fingerprint density at radius 2 is 2.00 bits per heavy atom. The third kappa shape index (κ3) is 3.37. The first-order chi connectivity index (χ1) is 9.06. The molecule has 0 aromatic heterocycles. The summed E-state index contributed by atoms with van der Waals surface area (Å²) in [6.07, 6.45) is 0.460. The first kappa shape index (κ1) is 13.2. The van der Waals surface area contributed by atoms with Crippen LogP contribution in [0.2, 0.25) is 0 Å². The normalized spacial score (nSPS) is 18.9. The molecule has 6 heteroatoms. The average molecular weight is 263 g/mol. The lowest BCUT2D eigenvalue weighted by atomic mass is 9.97. The topological polar surface area (TPSA) is 95.7 Å². The van der Waals surface area contributed by atoms with E-state index in [0.29, 0.717) is 30.8 Å². The third-order valence-electron chi connectivity index (χ3n) is 3.24. The first-order valence-corrected chi connectivity index (χ1v) is 6.20. The molecule has 2 amide bonds. The number of benzene rings is 1. The minimum atomic E-state index is -0.968. The summed E-state index contributed by atoms with van der Waals surface area (Å²) in [7, 11) is 0. The number of nitrogens with zero attached hydrogens (tertiary/aromatic N) is 1. The Morgan fingerprint density at radius 3 is 2.63 bits per heavy atom. The van der Waals surface area contributed by atoms with Crippen LogP contribution in [-0.2, 0) is 4.79 Å². The number of carboxylic acid groups (broad SMARTS) is 1. The Kier molecular flexibility index (Phi) is 3.89. The largest absolute Gasteiger partial charge is 0.465 e. The maximum atomic E-state index is 12.1. The highest BCUT2D eigenvalue weighted by Crippen LogP contribution is 2.19. The summed E-state index contributed by atoms with van der Waals surface area (Å²) in [4.78, 5) is 24.2. The zero-order valence-corrected chi connectivity index (χ0v) is 10.5. The molecule has 0 aliphatic carbocycles. The SMILES string of the molecule is Nc1ccc(NC(=O)[C@H]2CCCN(C(=O)O)C2)cc1. The van der Waals surface area contributed by atoms with E-state index in [1.807, 2.05) is 0 Å². The van der Waals surface area contributed by atoms with E-state index in [2.05, 4.69) is 5.32 Å². The van der Waals surface area contributed by atoms with Crippen molar-refractivity contribution in [2.24, 2.45) is 5.92 Å². The van der Waals surface area contributed by atoms with Gasteiger partial charge in [-0.2, -0.15) is 0 Å². The quantitative estimate of drug-likeness (QED) is 0.706. The smallest absolute Gasteiger partial charge is 0.407 e. The minimum absolute atomic E-state index is 0.143. The molecule has 1 saturated heterocycles. The number of nitrogen functional groups attached to an aromatic ring is 1. The Bertz CT molecular complexity index is 473. The second-order valence-corrected chi connectivity index (χ2v) is 4.68. The van der Waals surface area contributed by atoms with Gasteiger partial charge in [-0.3, -0.25) is 4.79 Å². The molecule has 0 bridgehead atoms. The fourth-order valence-electron chi connectivity index (χ4n) is 2.18. The summed E-state index contributed by atoms with van der Waals surface area (Å²) in [6, 6.07) is 6.87. The summed E-state index contributed by atoms with van der Waals surface area (Å²) in [6.45, 7) is 0.761. The molecule has 2 rings (SSSR count). The predicted molar refractivity (Wildman–Crippen MR) is 71.8 cm³/mol. The Labute approximate surface area is 111 Å². The van der Waals surface area contributed by atoms with E-state index in [-0.39, 0.29) is 18.4 Å². The van der Waals surface area contributed by atoms with Gasteiger partial charge in [0, 0.05) is 24.5 Å². The number of anilines is 2. The van der Waals surface area contributed by atoms with Crippen LogP contribution >= 0.6 is 0 Å². The molecule has 0 unspecified atom stereocenters. The first-order valence-electron chi connectivity index (χ1n) is 6.20. The number of nitrogens with one attached hydrogen (secondary N) is 1. The molecular formula is C13H17N3O3. The molecule has 1 aromatic rings. The van der Waals surface area contributed by atoms with Crippen LogP contribution in [0.15, 0.2) is 24.3 Å². The molecule has 1 atom stereocenters. The van der Waals surface area contributed by atoms with E-state index in [1.165, 1.54) is 4.90 Å². The standard InChI is InChI=1S/C13H17N3O3/c14-10-3-5-11(6-4-10)15-12(17)9-2-1-7-16(8-9)13(18)19/h3-6,9H,1-2,7-8,14H2,(H,15,17)(H,18,19)/t9-/m0/s1. The third-order valence-corrected chi connectivity index (χ3v) is 3.24. The number of hydrogen-bond acceptors (Lipinski definition) is 3. The van der Waals surface area contributed by atoms with E-state index in [9.17, 15) is 9.59 Å². The van der Waals surface area contributed by atoms with Gasteiger partial charge in [-0.25, -0.2) is 4.79 Å². The fourth-order valence-corrected chi connectivity index (χ4v) is 2.18. The number of amides is 2. The zero-order valence-electron chi connectivity index (χ0n) is 10.5. The van der Waals surface area contributed by atoms with Crippen molar-refractivity contribution >= 4 is 23.4 Å². The fraction of sp³-hybridized carbons (Fsp3) is 0.385. The van der Waals surface area contributed by atoms with Crippen molar-refractivity contribution in [2.45, 2.75) is 12.8 Å². The van der Waals surface area contributed by atoms with Gasteiger partial charge in [0.05, 0.1) is 5.92 Å². The van der Waals surface area contributed by atoms with Gasteiger partial charge in [0.15, 0.2) is 0 Å². The summed E-state index contributed by atoms with van der Waals surface area (Å²) in [5.41, 5.74) is 6.87. The molecule has 0 spiro atoms. The second kappa shape index (κ2) is 5.60. The lowest BCUT2D eigenvalue weighted by Gasteiger charge is -2.29. The number of carbonyl (C=O) groups excluding carboxylic acids is 1. The van der Waals surface area contributed by atoms with Gasteiger partial charge in [0.2, 0.25) is 5.91 Å². The van der Waals surface area contributed by atoms with Crippen LogP contribution in [0.5, 0.6) is 0 Å². The second-order valence-electron chi connectivity index (χ2n) is 4.68. The van der Waals surface area contributed by atoms with Gasteiger partial charge >= 0.3 is 6.09 Å². The molecule has 19 heavy (non-hydrogen) atoms. The molecule has 6 nitrogen and oxygen atoms in total. The monoisotopic (exact) mass is 263 g/mol. The molecule has 4 N–H and O–H groups in total. The van der Waals surface area contributed by atoms with E-state index in [4.69, 9.17) is 10.8 Å². The minimum Gasteiger partial charge on any atom is -0.465 e. The van der Waals surface area contributed by atoms with Crippen LogP contribution in [0.3, 0.4) is 0 Å². The zero-order chi connectivity index (χ0) is 13.8. The van der Waals surface area contributed by atoms with Gasteiger partial charge in [-0.1, -0.05) is 0 Å². The van der Waals surface area contributed by atoms with E-state index >= 15 is 0 Å². The number of rotatable bonds is 2. The predicted octanol–water partition coefficient (Wildman–Crippen LogP) is 1.60. The molecule has 1 aliphatic rings. The maximum absolute atomic E-state index is 12.1. The number of hydrogen-bond donors (Lipinski definition) is 3. The summed E-state index contributed by atoms with van der Waals surface area (Å²) >= 11 is 0. The molecule has 1 fully saturated rings. The Morgan fingerprint density at radius 1 is 1.32 bits per heavy atom. The van der Waals surface area contributed by atoms with E-state index in [1.54, 1.807) is 24.3 Å². The lowest BCUT2D eigenvalue weighted by Crippen LogP contribution is -2.43. The highest BCUT2D eigenvalue weighted by Gasteiger charge is 2.28. The van der Waals surface area contributed by atoms with Gasteiger partial charge < -0.3 is 21.1 Å². The van der Waals surface area contributed by atoms with Crippen molar-refractivity contribution in [3.63, 3.8) is 0 Å². The Hall–Kier alpha value is -2.24. The van der Waals surface area contributed by atoms with Gasteiger partial charge in [0.25, 0.3) is 0 Å². The highest BCUT2D eigenvalue weighted by atomic mass is 16.4. The molecule has 1 aromatic carbocycles. The molecule has 0 radical (unpaired) electrons. The van der Waals surface area contributed by atoms with Crippen molar-refractivity contribution in [1.82, 2.24) is 4.90 Å². The van der Waals surface area contributed by atoms with Crippen LogP contribution in [0.4, 0.5) is 16.2 Å². The van der Waals surface area contributed by atoms with Crippen molar-refractivity contribution in [2.75, 3.05) is 24.1 Å². The average Bonchev–Trinajstić information content (AvgIpc) is 2.41. The summed E-state index contributed by atoms with van der Waals surface area (Å²) in [5, 5.41) is 11.7. The van der Waals surface area contributed by atoms with Crippen LogP contribution in [0.1, 0.15) is 12.8 Å².